The second-order valence-corrected chi connectivity index (χ2v) is 9.25. The minimum absolute atomic E-state index is 0.0401. The summed E-state index contributed by atoms with van der Waals surface area (Å²) in [7, 11) is 4.14. The van der Waals surface area contributed by atoms with E-state index in [1.807, 2.05) is 13.1 Å². The van der Waals surface area contributed by atoms with Crippen molar-refractivity contribution in [2.75, 3.05) is 33.9 Å². The highest BCUT2D eigenvalue weighted by Crippen LogP contribution is 2.25. The molecule has 1 unspecified atom stereocenters. The lowest BCUT2D eigenvalue weighted by Crippen LogP contribution is -3.11. The lowest BCUT2D eigenvalue weighted by Gasteiger charge is -2.33. The van der Waals surface area contributed by atoms with Crippen molar-refractivity contribution in [3.63, 3.8) is 0 Å². The molecule has 3 heterocycles. The maximum absolute atomic E-state index is 12.8. The molecular formula is C15H23BrN4O2S+2. The van der Waals surface area contributed by atoms with E-state index in [9.17, 15) is 9.59 Å². The molecule has 23 heavy (non-hydrogen) atoms. The zero-order valence-electron chi connectivity index (χ0n) is 13.4. The Morgan fingerprint density at radius 3 is 2.70 bits per heavy atom. The number of amides is 3. The van der Waals surface area contributed by atoms with Gasteiger partial charge in [0.1, 0.15) is 12.1 Å². The molecule has 2 aliphatic rings. The number of carbonyl (C=O) groups excluding carboxylic acids is 2. The van der Waals surface area contributed by atoms with Gasteiger partial charge in [0.25, 0.3) is 5.91 Å². The van der Waals surface area contributed by atoms with Crippen molar-refractivity contribution in [3.8, 4) is 0 Å². The van der Waals surface area contributed by atoms with E-state index in [4.69, 9.17) is 0 Å². The quantitative estimate of drug-likeness (QED) is 0.570. The number of nitrogens with one attached hydrogen (secondary N) is 3. The predicted molar refractivity (Wildman–Crippen MR) is 91.4 cm³/mol. The lowest BCUT2D eigenvalue weighted by atomic mass is 9.88. The predicted octanol–water partition coefficient (Wildman–Crippen LogP) is -0.918. The number of halogens is 1. The molecule has 0 saturated carbocycles. The molecule has 2 saturated heterocycles. The molecule has 8 heteroatoms. The number of rotatable bonds is 4. The van der Waals surface area contributed by atoms with Crippen LogP contribution in [0.5, 0.6) is 0 Å². The van der Waals surface area contributed by atoms with E-state index in [0.29, 0.717) is 6.67 Å². The monoisotopic (exact) mass is 402 g/mol. The van der Waals surface area contributed by atoms with Gasteiger partial charge in [0, 0.05) is 12.8 Å². The first-order valence-corrected chi connectivity index (χ1v) is 9.51. The van der Waals surface area contributed by atoms with E-state index >= 15 is 0 Å². The van der Waals surface area contributed by atoms with Gasteiger partial charge in [0.05, 0.1) is 35.8 Å². The van der Waals surface area contributed by atoms with Crippen LogP contribution in [0.25, 0.3) is 0 Å². The minimum atomic E-state index is -0.650. The van der Waals surface area contributed by atoms with Crippen LogP contribution in [0.1, 0.15) is 17.7 Å². The van der Waals surface area contributed by atoms with Crippen molar-refractivity contribution in [1.82, 2.24) is 10.2 Å². The maximum atomic E-state index is 12.8. The molecule has 1 atom stereocenters. The molecule has 1 spiro atoms. The third-order valence-corrected chi connectivity index (χ3v) is 6.36. The first-order valence-electron chi connectivity index (χ1n) is 7.90. The van der Waals surface area contributed by atoms with Gasteiger partial charge in [0.15, 0.2) is 6.67 Å². The molecule has 0 aliphatic carbocycles. The van der Waals surface area contributed by atoms with Gasteiger partial charge in [-0.1, -0.05) is 0 Å². The summed E-state index contributed by atoms with van der Waals surface area (Å²) < 4.78 is 1.10. The Hall–Kier alpha value is -0.960. The Morgan fingerprint density at radius 2 is 2.09 bits per heavy atom. The zero-order valence-corrected chi connectivity index (χ0v) is 15.8. The largest absolute Gasteiger partial charge is 0.337 e. The fourth-order valence-electron chi connectivity index (χ4n) is 3.33. The highest BCUT2D eigenvalue weighted by Gasteiger charge is 2.53. The first kappa shape index (κ1) is 16.9. The third kappa shape index (κ3) is 3.45. The number of carbonyl (C=O) groups is 2. The van der Waals surface area contributed by atoms with Gasteiger partial charge in [-0.25, -0.2) is 9.69 Å². The standard InChI is InChI=1S/C15H21BrN4O2S/c1-18-7-5-15(6-8-18)13(21)20(14(22)17-15)10-19(2)9-11-3-4-12(16)23-11/h3-4H,5-10H2,1-2H3,(H,17,22)/p+2. The van der Waals surface area contributed by atoms with Crippen LogP contribution in [0.3, 0.4) is 0 Å². The number of thiophene rings is 1. The van der Waals surface area contributed by atoms with Gasteiger partial charge in [0.2, 0.25) is 0 Å². The fraction of sp³-hybridized carbons (Fsp3) is 0.600. The van der Waals surface area contributed by atoms with Gasteiger partial charge in [-0.05, 0) is 28.1 Å². The molecule has 126 valence electrons. The van der Waals surface area contributed by atoms with E-state index in [-0.39, 0.29) is 11.9 Å². The summed E-state index contributed by atoms with van der Waals surface area (Å²) in [5.41, 5.74) is -0.650. The van der Waals surface area contributed by atoms with E-state index < -0.39 is 5.54 Å². The molecule has 3 N–H and O–H groups in total. The second-order valence-electron chi connectivity index (χ2n) is 6.70. The first-order chi connectivity index (χ1) is 10.9. The molecule has 0 bridgehead atoms. The fourth-order valence-corrected chi connectivity index (χ4v) is 4.93. The summed E-state index contributed by atoms with van der Waals surface area (Å²) in [5.74, 6) is -0.0401. The van der Waals surface area contributed by atoms with Crippen LogP contribution in [0, 0.1) is 0 Å². The van der Waals surface area contributed by atoms with Crippen molar-refractivity contribution in [1.29, 1.82) is 0 Å². The number of likely N-dealkylation sites (tertiary alicyclic amines) is 1. The second kappa shape index (κ2) is 6.51. The van der Waals surface area contributed by atoms with Gasteiger partial charge in [-0.15, -0.1) is 11.3 Å². The summed E-state index contributed by atoms with van der Waals surface area (Å²) in [6.07, 6.45) is 1.47. The smallest absolute Gasteiger partial charge is 0.329 e. The third-order valence-electron chi connectivity index (χ3n) is 4.74. The number of piperidine rings is 1. The molecule has 3 rings (SSSR count). The summed E-state index contributed by atoms with van der Waals surface area (Å²) in [6, 6.07) is 3.86. The summed E-state index contributed by atoms with van der Waals surface area (Å²) >= 11 is 5.15. The normalized spacial score (nSPS) is 29.2. The average molecular weight is 403 g/mol. The van der Waals surface area contributed by atoms with Crippen molar-refractivity contribution in [2.24, 2.45) is 0 Å². The van der Waals surface area contributed by atoms with Crippen molar-refractivity contribution in [3.05, 3.63) is 20.8 Å². The molecule has 1 aromatic heterocycles. The zero-order chi connectivity index (χ0) is 16.6. The van der Waals surface area contributed by atoms with Crippen LogP contribution >= 0.6 is 27.3 Å². The number of imide groups is 1. The van der Waals surface area contributed by atoms with Crippen molar-refractivity contribution >= 4 is 39.2 Å². The molecule has 2 fully saturated rings. The van der Waals surface area contributed by atoms with E-state index in [1.165, 1.54) is 14.7 Å². The molecule has 1 aromatic rings. The number of hydrogen-bond donors (Lipinski definition) is 3. The molecular weight excluding hydrogens is 380 g/mol. The Kier molecular flexibility index (Phi) is 4.78. The van der Waals surface area contributed by atoms with E-state index in [0.717, 1.165) is 41.2 Å². The Morgan fingerprint density at radius 1 is 1.39 bits per heavy atom. The van der Waals surface area contributed by atoms with Crippen LogP contribution in [0.15, 0.2) is 15.9 Å². The van der Waals surface area contributed by atoms with Gasteiger partial charge >= 0.3 is 6.03 Å². The average Bonchev–Trinajstić information content (AvgIpc) is 3.00. The molecule has 0 radical (unpaired) electrons. The van der Waals surface area contributed by atoms with Crippen LogP contribution in [-0.2, 0) is 11.3 Å². The summed E-state index contributed by atoms with van der Waals surface area (Å²) in [6.45, 7) is 3.05. The Labute approximate surface area is 148 Å². The topological polar surface area (TPSA) is 58.3 Å². The summed E-state index contributed by atoms with van der Waals surface area (Å²) in [4.78, 5) is 30.3. The van der Waals surface area contributed by atoms with Gasteiger partial charge in [-0.3, -0.25) is 4.79 Å². The number of urea groups is 1. The summed E-state index contributed by atoms with van der Waals surface area (Å²) in [5, 5.41) is 2.97. The molecule has 6 nitrogen and oxygen atoms in total. The van der Waals surface area contributed by atoms with Crippen LogP contribution in [0.4, 0.5) is 4.79 Å². The highest BCUT2D eigenvalue weighted by atomic mass is 79.9. The number of quaternary nitrogens is 2. The van der Waals surface area contributed by atoms with E-state index in [2.05, 4.69) is 34.4 Å². The van der Waals surface area contributed by atoms with Gasteiger partial charge in [-0.2, -0.15) is 0 Å². The SMILES string of the molecule is C[NH+]1CCC2(CC1)NC(=O)N(C[NH+](C)Cc1ccc(Br)s1)C2=O. The van der Waals surface area contributed by atoms with Crippen LogP contribution in [0.2, 0.25) is 0 Å². The van der Waals surface area contributed by atoms with Crippen LogP contribution < -0.4 is 15.1 Å². The Bertz CT molecular complexity index is 612. The highest BCUT2D eigenvalue weighted by molar-refractivity contribution is 9.11. The Balaban J connectivity index is 1.63. The maximum Gasteiger partial charge on any atom is 0.329 e. The minimum Gasteiger partial charge on any atom is -0.337 e. The van der Waals surface area contributed by atoms with Crippen molar-refractivity contribution in [2.45, 2.75) is 24.9 Å². The molecule has 2 aliphatic heterocycles. The van der Waals surface area contributed by atoms with Gasteiger partial charge < -0.3 is 15.1 Å². The van der Waals surface area contributed by atoms with Crippen LogP contribution in [-0.4, -0.2) is 56.2 Å². The lowest BCUT2D eigenvalue weighted by molar-refractivity contribution is -0.900. The van der Waals surface area contributed by atoms with E-state index in [1.54, 1.807) is 11.3 Å². The number of hydrogen-bond acceptors (Lipinski definition) is 3. The molecule has 0 aromatic carbocycles. The molecule has 3 amide bonds. The number of nitrogens with zero attached hydrogens (tertiary/aromatic N) is 1. The van der Waals surface area contributed by atoms with Crippen molar-refractivity contribution < 1.29 is 19.4 Å².